The fraction of sp³-hybridized carbons (Fsp3) is 0.300. The zero-order chi connectivity index (χ0) is 11.6. The van der Waals surface area contributed by atoms with E-state index >= 15 is 0 Å². The second-order valence-electron chi connectivity index (χ2n) is 3.52. The maximum Gasteiger partial charge on any atom is 0.416 e. The summed E-state index contributed by atoms with van der Waals surface area (Å²) < 4.78 is 37.1. The minimum Gasteiger partial charge on any atom is -0.508 e. The van der Waals surface area contributed by atoms with Crippen LogP contribution in [0.4, 0.5) is 13.2 Å². The number of aromatic hydroxyl groups is 1. The Kier molecular flexibility index (Phi) is 3.24. The number of phenolic OH excluding ortho intramolecular Hbond substituents is 1. The number of alkyl halides is 3. The van der Waals surface area contributed by atoms with Gasteiger partial charge in [0.05, 0.1) is 12.1 Å². The Hall–Kier alpha value is -1.23. The Morgan fingerprint density at radius 1 is 1.33 bits per heavy atom. The van der Waals surface area contributed by atoms with E-state index in [1.807, 2.05) is 0 Å². The molecule has 0 saturated heterocycles. The molecule has 0 bridgehead atoms. The highest BCUT2D eigenvalue weighted by atomic mass is 19.4. The van der Waals surface area contributed by atoms with Gasteiger partial charge < -0.3 is 10.0 Å². The van der Waals surface area contributed by atoms with Crippen LogP contribution in [0.15, 0.2) is 18.2 Å². The van der Waals surface area contributed by atoms with E-state index in [0.717, 1.165) is 11.0 Å². The third-order valence-corrected chi connectivity index (χ3v) is 1.81. The van der Waals surface area contributed by atoms with Crippen LogP contribution in [0.25, 0.3) is 0 Å². The topological polar surface area (TPSA) is 24.7 Å². The van der Waals surface area contributed by atoms with Gasteiger partial charge in [-0.2, -0.15) is 20.2 Å². The molecule has 0 aliphatic carbocycles. The number of phenols is 1. The van der Waals surface area contributed by atoms with E-state index in [1.165, 1.54) is 6.07 Å². The van der Waals surface area contributed by atoms with Gasteiger partial charge in [-0.05, 0) is 18.2 Å². The highest BCUT2D eigenvalue weighted by Gasteiger charge is 2.31. The molecule has 0 amide bonds. The van der Waals surface area contributed by atoms with Gasteiger partial charge in [0, 0.05) is 12.6 Å². The summed E-state index contributed by atoms with van der Waals surface area (Å²) in [6, 6.07) is 3.04. The van der Waals surface area contributed by atoms with Crippen LogP contribution in [0, 0.1) is 7.05 Å². The first-order valence-electron chi connectivity index (χ1n) is 4.33. The van der Waals surface area contributed by atoms with Crippen LogP contribution in [0.1, 0.15) is 11.1 Å². The zero-order valence-corrected chi connectivity index (χ0v) is 8.23. The molecule has 0 fully saturated rings. The summed E-state index contributed by atoms with van der Waals surface area (Å²) in [5, 5.41) is 9.14. The molecule has 84 valence electrons. The van der Waals surface area contributed by atoms with Gasteiger partial charge in [-0.3, -0.25) is 0 Å². The summed E-state index contributed by atoms with van der Waals surface area (Å²) in [6.07, 6.45) is -4.43. The lowest BCUT2D eigenvalue weighted by Crippen LogP contribution is -3.01. The van der Waals surface area contributed by atoms with E-state index in [4.69, 9.17) is 5.11 Å². The number of hydrogen-bond donors (Lipinski definition) is 2. The zero-order valence-electron chi connectivity index (χ0n) is 8.23. The maximum atomic E-state index is 12.4. The molecule has 1 aromatic rings. The Bertz CT molecular complexity index is 347. The summed E-state index contributed by atoms with van der Waals surface area (Å²) >= 11 is 0. The van der Waals surface area contributed by atoms with Gasteiger partial charge in [-0.15, -0.1) is 0 Å². The van der Waals surface area contributed by atoms with E-state index < -0.39 is 11.7 Å². The van der Waals surface area contributed by atoms with Crippen LogP contribution in [-0.2, 0) is 12.7 Å². The molecular formula is C10H12F3NO. The van der Waals surface area contributed by atoms with Gasteiger partial charge in [-0.25, -0.2) is 0 Å². The third-order valence-electron chi connectivity index (χ3n) is 1.81. The molecule has 5 heteroatoms. The second kappa shape index (κ2) is 4.10. The average molecular weight is 219 g/mol. The maximum absolute atomic E-state index is 12.4. The molecule has 0 aromatic heterocycles. The van der Waals surface area contributed by atoms with Crippen LogP contribution in [0.3, 0.4) is 0 Å². The van der Waals surface area contributed by atoms with Crippen molar-refractivity contribution in [2.75, 3.05) is 7.05 Å². The molecule has 0 heterocycles. The molecule has 1 unspecified atom stereocenters. The standard InChI is InChI=1S/C10H12F3NO/c1-14(2)6-7-3-8(10(11,12)13)5-9(15)4-7/h3-5,14-15H,1,6H2,2H3. The van der Waals surface area contributed by atoms with E-state index in [2.05, 4.69) is 7.05 Å². The van der Waals surface area contributed by atoms with Crippen LogP contribution >= 0.6 is 0 Å². The minimum atomic E-state index is -4.43. The summed E-state index contributed by atoms with van der Waals surface area (Å²) in [7, 11) is 5.33. The van der Waals surface area contributed by atoms with Crippen molar-refractivity contribution in [3.8, 4) is 5.75 Å². The second-order valence-corrected chi connectivity index (χ2v) is 3.52. The highest BCUT2D eigenvalue weighted by molar-refractivity contribution is 5.34. The lowest BCUT2D eigenvalue weighted by atomic mass is 10.1. The van der Waals surface area contributed by atoms with Gasteiger partial charge in [0.15, 0.2) is 0 Å². The summed E-state index contributed by atoms with van der Waals surface area (Å²) in [4.78, 5) is 0.744. The summed E-state index contributed by atoms with van der Waals surface area (Å²) in [5.41, 5.74) is -0.423. The molecule has 15 heavy (non-hydrogen) atoms. The van der Waals surface area contributed by atoms with Gasteiger partial charge in [0.2, 0.25) is 0 Å². The van der Waals surface area contributed by atoms with E-state index in [0.29, 0.717) is 18.2 Å². The number of benzene rings is 1. The van der Waals surface area contributed by atoms with Gasteiger partial charge in [-0.1, -0.05) is 0 Å². The van der Waals surface area contributed by atoms with Crippen LogP contribution in [0.5, 0.6) is 5.75 Å². The van der Waals surface area contributed by atoms with E-state index in [1.54, 1.807) is 7.05 Å². The van der Waals surface area contributed by atoms with Crippen molar-refractivity contribution < 1.29 is 23.2 Å². The average Bonchev–Trinajstić information content (AvgIpc) is 1.99. The Morgan fingerprint density at radius 3 is 2.40 bits per heavy atom. The molecule has 1 atom stereocenters. The molecule has 2 N–H and O–H groups in total. The first-order chi connectivity index (χ1) is 6.79. The highest BCUT2D eigenvalue weighted by Crippen LogP contribution is 2.32. The van der Waals surface area contributed by atoms with Gasteiger partial charge in [0.25, 0.3) is 0 Å². The molecule has 0 aliphatic heterocycles. The van der Waals surface area contributed by atoms with Crippen molar-refractivity contribution in [3.05, 3.63) is 36.4 Å². The van der Waals surface area contributed by atoms with Crippen molar-refractivity contribution in [3.63, 3.8) is 0 Å². The summed E-state index contributed by atoms with van der Waals surface area (Å²) in [6.45, 7) is 0.331. The number of quaternary nitrogens is 1. The molecule has 0 aliphatic rings. The fourth-order valence-corrected chi connectivity index (χ4v) is 1.29. The predicted molar refractivity (Wildman–Crippen MR) is 49.1 cm³/mol. The lowest BCUT2D eigenvalue weighted by molar-refractivity contribution is -0.846. The minimum absolute atomic E-state index is 0.331. The molecular weight excluding hydrogens is 207 g/mol. The van der Waals surface area contributed by atoms with Crippen molar-refractivity contribution >= 4 is 0 Å². The first-order valence-corrected chi connectivity index (χ1v) is 4.33. The van der Waals surface area contributed by atoms with E-state index in [-0.39, 0.29) is 5.75 Å². The molecule has 2 nitrogen and oxygen atoms in total. The number of rotatable bonds is 2. The Balaban J connectivity index is 3.06. The Labute approximate surface area is 85.9 Å². The quantitative estimate of drug-likeness (QED) is 0.718. The SMILES string of the molecule is [CH2-][NH+](C)Cc1cc(O)cc(C(F)(F)F)c1. The third kappa shape index (κ3) is 3.43. The molecule has 1 aromatic carbocycles. The smallest absolute Gasteiger partial charge is 0.416 e. The molecule has 0 radical (unpaired) electrons. The van der Waals surface area contributed by atoms with E-state index in [9.17, 15) is 13.2 Å². The van der Waals surface area contributed by atoms with Gasteiger partial charge in [0.1, 0.15) is 5.75 Å². The fourth-order valence-electron chi connectivity index (χ4n) is 1.29. The summed E-state index contributed by atoms with van der Waals surface area (Å²) in [5.74, 6) is -0.374. The van der Waals surface area contributed by atoms with Crippen molar-refractivity contribution in [2.45, 2.75) is 12.7 Å². The van der Waals surface area contributed by atoms with Crippen molar-refractivity contribution in [1.82, 2.24) is 0 Å². The Morgan fingerprint density at radius 2 is 1.93 bits per heavy atom. The van der Waals surface area contributed by atoms with Crippen molar-refractivity contribution in [1.29, 1.82) is 0 Å². The van der Waals surface area contributed by atoms with Crippen LogP contribution in [-0.4, -0.2) is 12.2 Å². The number of hydrogen-bond acceptors (Lipinski definition) is 1. The van der Waals surface area contributed by atoms with Crippen molar-refractivity contribution in [2.24, 2.45) is 0 Å². The molecule has 1 rings (SSSR count). The number of nitrogens with one attached hydrogen (secondary N) is 1. The van der Waals surface area contributed by atoms with Crippen LogP contribution < -0.4 is 4.90 Å². The number of halogens is 3. The normalized spacial score (nSPS) is 13.9. The lowest BCUT2D eigenvalue weighted by Gasteiger charge is -2.15. The molecule has 0 saturated carbocycles. The largest absolute Gasteiger partial charge is 0.508 e. The van der Waals surface area contributed by atoms with Gasteiger partial charge >= 0.3 is 6.18 Å². The predicted octanol–water partition coefficient (Wildman–Crippen LogP) is 1.22. The molecule has 0 spiro atoms. The first kappa shape index (κ1) is 11.8. The monoisotopic (exact) mass is 219 g/mol. The van der Waals surface area contributed by atoms with Crippen LogP contribution in [0.2, 0.25) is 0 Å².